The maximum absolute atomic E-state index is 12.6. The summed E-state index contributed by atoms with van der Waals surface area (Å²) in [7, 11) is 0. The summed E-state index contributed by atoms with van der Waals surface area (Å²) < 4.78 is 5.71. The van der Waals surface area contributed by atoms with E-state index in [-0.39, 0.29) is 17.9 Å². The van der Waals surface area contributed by atoms with E-state index in [4.69, 9.17) is 4.74 Å². The van der Waals surface area contributed by atoms with E-state index in [9.17, 15) is 4.79 Å². The van der Waals surface area contributed by atoms with E-state index in [1.54, 1.807) is 0 Å². The van der Waals surface area contributed by atoms with Crippen LogP contribution in [0, 0.1) is 11.8 Å². The Morgan fingerprint density at radius 1 is 1.12 bits per heavy atom. The van der Waals surface area contributed by atoms with Gasteiger partial charge in [-0.25, -0.2) is 0 Å². The molecule has 1 aromatic carbocycles. The second-order valence-electron chi connectivity index (χ2n) is 7.44. The van der Waals surface area contributed by atoms with Gasteiger partial charge in [0.05, 0.1) is 24.8 Å². The van der Waals surface area contributed by atoms with Gasteiger partial charge in [0.25, 0.3) is 0 Å². The van der Waals surface area contributed by atoms with Gasteiger partial charge in [-0.3, -0.25) is 9.78 Å². The minimum absolute atomic E-state index is 0.126. The van der Waals surface area contributed by atoms with Gasteiger partial charge in [-0.15, -0.1) is 0 Å². The molecule has 2 heterocycles. The first-order valence-electron chi connectivity index (χ1n) is 9.52. The van der Waals surface area contributed by atoms with Crippen molar-refractivity contribution in [2.24, 2.45) is 11.8 Å². The highest BCUT2D eigenvalue weighted by molar-refractivity contribution is 5.82. The molecule has 1 amide bonds. The van der Waals surface area contributed by atoms with Crippen molar-refractivity contribution in [2.45, 2.75) is 44.6 Å². The second-order valence-corrected chi connectivity index (χ2v) is 7.44. The number of benzene rings is 1. The van der Waals surface area contributed by atoms with Gasteiger partial charge in [0.2, 0.25) is 5.91 Å². The van der Waals surface area contributed by atoms with Gasteiger partial charge in [-0.2, -0.15) is 0 Å². The molecule has 1 saturated carbocycles. The summed E-state index contributed by atoms with van der Waals surface area (Å²) in [4.78, 5) is 17.0. The number of carbonyl (C=O) groups is 1. The minimum Gasteiger partial charge on any atom is -0.379 e. The number of rotatable bonds is 4. The quantitative estimate of drug-likeness (QED) is 0.928. The van der Waals surface area contributed by atoms with Gasteiger partial charge >= 0.3 is 0 Å². The maximum Gasteiger partial charge on any atom is 0.223 e. The Bertz CT molecular complexity index is 734. The Kier molecular flexibility index (Phi) is 4.97. The number of ether oxygens (including phenoxy) is 1. The van der Waals surface area contributed by atoms with Crippen LogP contribution < -0.4 is 5.32 Å². The van der Waals surface area contributed by atoms with Gasteiger partial charge in [0.15, 0.2) is 0 Å². The number of nitrogens with zero attached hydrogens (tertiary/aromatic N) is 1. The van der Waals surface area contributed by atoms with E-state index in [1.807, 2.05) is 18.3 Å². The fourth-order valence-corrected chi connectivity index (χ4v) is 4.24. The number of nitrogens with one attached hydrogen (secondary N) is 1. The Morgan fingerprint density at radius 3 is 2.84 bits per heavy atom. The molecule has 4 rings (SSSR count). The molecule has 1 N–H and O–H groups in total. The normalized spacial score (nSPS) is 24.5. The standard InChI is InChI=1S/C21H26N2O2/c24-21(15-6-2-1-3-7-15)23-20-14-25-13-17(20)12-16-10-11-22-19-9-5-4-8-18(16)19/h4-5,8-11,15,17,20H,1-3,6-7,12-14H2,(H,23,24)/t17-,20-/m1/s1. The zero-order chi connectivity index (χ0) is 17.1. The third kappa shape index (κ3) is 3.69. The van der Waals surface area contributed by atoms with Crippen molar-refractivity contribution in [3.8, 4) is 0 Å². The number of para-hydroxylation sites is 1. The summed E-state index contributed by atoms with van der Waals surface area (Å²) in [5.74, 6) is 0.773. The molecule has 0 unspecified atom stereocenters. The van der Waals surface area contributed by atoms with Crippen molar-refractivity contribution in [3.63, 3.8) is 0 Å². The van der Waals surface area contributed by atoms with Crippen LogP contribution in [-0.4, -0.2) is 30.1 Å². The second kappa shape index (κ2) is 7.52. The lowest BCUT2D eigenvalue weighted by atomic mass is 9.87. The molecule has 2 aliphatic rings. The van der Waals surface area contributed by atoms with Crippen molar-refractivity contribution >= 4 is 16.8 Å². The SMILES string of the molecule is O=C(N[C@@H]1COC[C@H]1Cc1ccnc2ccccc12)C1CCCCC1. The number of hydrogen-bond donors (Lipinski definition) is 1. The number of fused-ring (bicyclic) bond motifs is 1. The summed E-state index contributed by atoms with van der Waals surface area (Å²) in [6.45, 7) is 1.35. The van der Waals surface area contributed by atoms with Crippen molar-refractivity contribution in [1.29, 1.82) is 0 Å². The van der Waals surface area contributed by atoms with Gasteiger partial charge in [-0.05, 0) is 37.0 Å². The van der Waals surface area contributed by atoms with Crippen LogP contribution in [0.2, 0.25) is 0 Å². The fourth-order valence-electron chi connectivity index (χ4n) is 4.24. The van der Waals surface area contributed by atoms with Crippen LogP contribution >= 0.6 is 0 Å². The summed E-state index contributed by atoms with van der Waals surface area (Å²) in [5, 5.41) is 4.49. The van der Waals surface area contributed by atoms with Crippen molar-refractivity contribution in [1.82, 2.24) is 10.3 Å². The predicted molar refractivity (Wildman–Crippen MR) is 98.3 cm³/mol. The van der Waals surface area contributed by atoms with Gasteiger partial charge in [0, 0.05) is 23.4 Å². The first kappa shape index (κ1) is 16.5. The Morgan fingerprint density at radius 2 is 1.96 bits per heavy atom. The van der Waals surface area contributed by atoms with E-state index >= 15 is 0 Å². The molecule has 0 radical (unpaired) electrons. The fraction of sp³-hybridized carbons (Fsp3) is 0.524. The van der Waals surface area contributed by atoms with Crippen LogP contribution in [-0.2, 0) is 16.0 Å². The van der Waals surface area contributed by atoms with Crippen molar-refractivity contribution in [3.05, 3.63) is 42.1 Å². The van der Waals surface area contributed by atoms with Gasteiger partial charge in [0.1, 0.15) is 0 Å². The average Bonchev–Trinajstić information content (AvgIpc) is 3.09. The Hall–Kier alpha value is -1.94. The molecule has 1 aliphatic carbocycles. The molecule has 1 aliphatic heterocycles. The monoisotopic (exact) mass is 338 g/mol. The summed E-state index contributed by atoms with van der Waals surface area (Å²) >= 11 is 0. The molecule has 132 valence electrons. The Balaban J connectivity index is 1.45. The molecule has 4 nitrogen and oxygen atoms in total. The third-order valence-electron chi connectivity index (χ3n) is 5.72. The molecule has 1 saturated heterocycles. The molecule has 1 aromatic heterocycles. The largest absolute Gasteiger partial charge is 0.379 e. The lowest BCUT2D eigenvalue weighted by Crippen LogP contribution is -2.43. The highest BCUT2D eigenvalue weighted by Crippen LogP contribution is 2.27. The first-order valence-corrected chi connectivity index (χ1v) is 9.52. The number of aromatic nitrogens is 1. The lowest BCUT2D eigenvalue weighted by Gasteiger charge is -2.25. The van der Waals surface area contributed by atoms with Crippen LogP contribution in [0.5, 0.6) is 0 Å². The lowest BCUT2D eigenvalue weighted by molar-refractivity contribution is -0.126. The van der Waals surface area contributed by atoms with E-state index in [1.165, 1.54) is 30.2 Å². The topological polar surface area (TPSA) is 51.2 Å². The van der Waals surface area contributed by atoms with Crippen molar-refractivity contribution in [2.75, 3.05) is 13.2 Å². The number of hydrogen-bond acceptors (Lipinski definition) is 3. The minimum atomic E-state index is 0.126. The highest BCUT2D eigenvalue weighted by atomic mass is 16.5. The van der Waals surface area contributed by atoms with Crippen molar-refractivity contribution < 1.29 is 9.53 Å². The molecular formula is C21H26N2O2. The number of pyridine rings is 1. The van der Waals surface area contributed by atoms with Crippen LogP contribution in [0.25, 0.3) is 10.9 Å². The summed E-state index contributed by atoms with van der Waals surface area (Å²) in [6.07, 6.45) is 8.52. The van der Waals surface area contributed by atoms with Gasteiger partial charge in [-0.1, -0.05) is 37.5 Å². The maximum atomic E-state index is 12.6. The zero-order valence-electron chi connectivity index (χ0n) is 14.6. The number of amides is 1. The van der Waals surface area contributed by atoms with Crippen LogP contribution in [0.1, 0.15) is 37.7 Å². The summed E-state index contributed by atoms with van der Waals surface area (Å²) in [5.41, 5.74) is 2.32. The van der Waals surface area contributed by atoms with E-state index in [2.05, 4.69) is 28.5 Å². The average molecular weight is 338 g/mol. The molecule has 25 heavy (non-hydrogen) atoms. The van der Waals surface area contributed by atoms with Crippen LogP contribution in [0.15, 0.2) is 36.5 Å². The Labute approximate surface area is 149 Å². The summed E-state index contributed by atoms with van der Waals surface area (Å²) in [6, 6.07) is 10.5. The smallest absolute Gasteiger partial charge is 0.223 e. The molecule has 2 atom stereocenters. The molecule has 2 aromatic rings. The van der Waals surface area contributed by atoms with E-state index in [0.29, 0.717) is 19.1 Å². The number of carbonyl (C=O) groups excluding carboxylic acids is 1. The molecular weight excluding hydrogens is 312 g/mol. The van der Waals surface area contributed by atoms with Crippen LogP contribution in [0.4, 0.5) is 0 Å². The van der Waals surface area contributed by atoms with Gasteiger partial charge < -0.3 is 10.1 Å². The van der Waals surface area contributed by atoms with E-state index < -0.39 is 0 Å². The highest BCUT2D eigenvalue weighted by Gasteiger charge is 2.32. The first-order chi connectivity index (χ1) is 12.3. The van der Waals surface area contributed by atoms with Crippen LogP contribution in [0.3, 0.4) is 0 Å². The molecule has 2 fully saturated rings. The molecule has 4 heteroatoms. The predicted octanol–water partition coefficient (Wildman–Crippen LogP) is 3.49. The molecule has 0 spiro atoms. The molecule has 0 bridgehead atoms. The third-order valence-corrected chi connectivity index (χ3v) is 5.72. The van der Waals surface area contributed by atoms with E-state index in [0.717, 1.165) is 24.8 Å². The zero-order valence-corrected chi connectivity index (χ0v) is 14.6.